The number of aromatic nitrogens is 5. The Hall–Kier alpha value is -3.16. The second-order valence-corrected chi connectivity index (χ2v) is 8.42. The van der Waals surface area contributed by atoms with Gasteiger partial charge in [-0.25, -0.2) is 9.50 Å². The summed E-state index contributed by atoms with van der Waals surface area (Å²) in [7, 11) is 3.68. The average Bonchev–Trinajstić information content (AvgIpc) is 3.33. The molecule has 2 atom stereocenters. The zero-order valence-corrected chi connectivity index (χ0v) is 17.5. The van der Waals surface area contributed by atoms with Crippen LogP contribution in [0.1, 0.15) is 27.2 Å². The van der Waals surface area contributed by atoms with Crippen molar-refractivity contribution >= 4 is 11.4 Å². The number of rotatable bonds is 5. The van der Waals surface area contributed by atoms with Crippen LogP contribution in [0.2, 0.25) is 0 Å². The van der Waals surface area contributed by atoms with E-state index in [9.17, 15) is 4.79 Å². The summed E-state index contributed by atoms with van der Waals surface area (Å²) in [5, 5.41) is 8.60. The molecular formula is C21H26N6O2. The van der Waals surface area contributed by atoms with Crippen molar-refractivity contribution in [2.45, 2.75) is 38.8 Å². The van der Waals surface area contributed by atoms with Crippen LogP contribution in [0.25, 0.3) is 16.8 Å². The second-order valence-electron chi connectivity index (χ2n) is 8.42. The number of carbonyl (C=O) groups excluding carboxylic acids is 1. The van der Waals surface area contributed by atoms with E-state index in [2.05, 4.69) is 37.5 Å². The van der Waals surface area contributed by atoms with Gasteiger partial charge in [0.25, 0.3) is 0 Å². The third-order valence-electron chi connectivity index (χ3n) is 6.45. The molecule has 0 unspecified atom stereocenters. The maximum Gasteiger partial charge on any atom is 0.245 e. The molecule has 8 nitrogen and oxygen atoms in total. The van der Waals surface area contributed by atoms with E-state index in [4.69, 9.17) is 9.72 Å². The van der Waals surface area contributed by atoms with Gasteiger partial charge in [0, 0.05) is 43.7 Å². The molecule has 29 heavy (non-hydrogen) atoms. The van der Waals surface area contributed by atoms with Crippen LogP contribution in [0.4, 0.5) is 0 Å². The topological polar surface area (TPSA) is 77.6 Å². The minimum Gasteiger partial charge on any atom is -0.469 e. The molecule has 4 rings (SSSR count). The van der Waals surface area contributed by atoms with Gasteiger partial charge in [0.15, 0.2) is 0 Å². The molecule has 0 spiro atoms. The standard InChI is InChI=1S/C21H26N6O2/c1-7-18(28)26(6)17-10-21(4,20(17,2)3)29-19-16-8-9-22-27(16)13-15(24-19)14-11-23-25(5)12-14/h7-9,11-13,17H,1,10H2,2-6H3/t17-,21-/m1/s1. The summed E-state index contributed by atoms with van der Waals surface area (Å²) < 4.78 is 10.0. The Morgan fingerprint density at radius 2 is 2.10 bits per heavy atom. The SMILES string of the molecule is C=CC(=O)N(C)[C@@H]1C[C@@](C)(Oc2nc(-c3cnn(C)c3)cn3nccc23)C1(C)C. The number of likely N-dealkylation sites (N-methyl/N-ethyl adjacent to an activating group) is 1. The smallest absolute Gasteiger partial charge is 0.245 e. The predicted molar refractivity (Wildman–Crippen MR) is 109 cm³/mol. The lowest BCUT2D eigenvalue weighted by atomic mass is 9.55. The average molecular weight is 394 g/mol. The molecule has 0 N–H and O–H groups in total. The highest BCUT2D eigenvalue weighted by Gasteiger charge is 2.61. The first-order valence-corrected chi connectivity index (χ1v) is 9.58. The molecule has 1 aliphatic rings. The Morgan fingerprint density at radius 1 is 1.34 bits per heavy atom. The number of ether oxygens (including phenoxy) is 1. The van der Waals surface area contributed by atoms with Gasteiger partial charge in [0.05, 0.1) is 24.3 Å². The third kappa shape index (κ3) is 2.90. The van der Waals surface area contributed by atoms with E-state index in [0.29, 0.717) is 12.3 Å². The molecular weight excluding hydrogens is 368 g/mol. The van der Waals surface area contributed by atoms with Gasteiger partial charge in [-0.05, 0) is 19.1 Å². The van der Waals surface area contributed by atoms with Gasteiger partial charge in [0.1, 0.15) is 11.1 Å². The summed E-state index contributed by atoms with van der Waals surface area (Å²) in [5.74, 6) is 0.440. The summed E-state index contributed by atoms with van der Waals surface area (Å²) in [6.07, 6.45) is 9.32. The van der Waals surface area contributed by atoms with E-state index < -0.39 is 5.60 Å². The summed E-state index contributed by atoms with van der Waals surface area (Å²) >= 11 is 0. The molecule has 152 valence electrons. The Labute approximate surface area is 169 Å². The van der Waals surface area contributed by atoms with Gasteiger partial charge in [-0.15, -0.1) is 0 Å². The van der Waals surface area contributed by atoms with E-state index in [1.165, 1.54) is 6.08 Å². The highest BCUT2D eigenvalue weighted by Crippen LogP contribution is 2.54. The van der Waals surface area contributed by atoms with E-state index >= 15 is 0 Å². The largest absolute Gasteiger partial charge is 0.469 e. The summed E-state index contributed by atoms with van der Waals surface area (Å²) in [4.78, 5) is 18.6. The van der Waals surface area contributed by atoms with Crippen molar-refractivity contribution in [2.24, 2.45) is 12.5 Å². The van der Waals surface area contributed by atoms with Crippen LogP contribution >= 0.6 is 0 Å². The van der Waals surface area contributed by atoms with E-state index in [-0.39, 0.29) is 17.4 Å². The monoisotopic (exact) mass is 394 g/mol. The first-order chi connectivity index (χ1) is 13.7. The van der Waals surface area contributed by atoms with Crippen molar-refractivity contribution in [3.05, 3.63) is 43.5 Å². The molecule has 3 heterocycles. The maximum absolute atomic E-state index is 12.1. The highest BCUT2D eigenvalue weighted by molar-refractivity contribution is 5.87. The molecule has 0 radical (unpaired) electrons. The quantitative estimate of drug-likeness (QED) is 0.622. The van der Waals surface area contributed by atoms with Crippen molar-refractivity contribution in [3.63, 3.8) is 0 Å². The number of nitrogens with zero attached hydrogens (tertiary/aromatic N) is 6. The lowest BCUT2D eigenvalue weighted by Gasteiger charge is -2.61. The zero-order valence-electron chi connectivity index (χ0n) is 17.5. The van der Waals surface area contributed by atoms with Crippen LogP contribution in [0.3, 0.4) is 0 Å². The van der Waals surface area contributed by atoms with Gasteiger partial charge in [-0.2, -0.15) is 10.2 Å². The molecule has 0 aromatic carbocycles. The van der Waals surface area contributed by atoms with Gasteiger partial charge in [0.2, 0.25) is 11.8 Å². The third-order valence-corrected chi connectivity index (χ3v) is 6.45. The van der Waals surface area contributed by atoms with Gasteiger partial charge >= 0.3 is 0 Å². The summed E-state index contributed by atoms with van der Waals surface area (Å²) in [6.45, 7) is 9.90. The first kappa shape index (κ1) is 19.2. The van der Waals surface area contributed by atoms with Crippen molar-refractivity contribution in [1.82, 2.24) is 29.3 Å². The number of hydrogen-bond acceptors (Lipinski definition) is 5. The molecule has 3 aromatic heterocycles. The molecule has 0 bridgehead atoms. The molecule has 1 fully saturated rings. The number of amides is 1. The number of fused-ring (bicyclic) bond motifs is 1. The molecule has 1 saturated carbocycles. The van der Waals surface area contributed by atoms with Gasteiger partial charge in [-0.3, -0.25) is 9.48 Å². The first-order valence-electron chi connectivity index (χ1n) is 9.58. The van der Waals surface area contributed by atoms with Crippen LogP contribution < -0.4 is 4.74 Å². The molecule has 3 aromatic rings. The van der Waals surface area contributed by atoms with Crippen LogP contribution in [0, 0.1) is 5.41 Å². The molecule has 0 aliphatic heterocycles. The van der Waals surface area contributed by atoms with E-state index in [1.54, 1.807) is 26.5 Å². The summed E-state index contributed by atoms with van der Waals surface area (Å²) in [5.41, 5.74) is 1.67. The second kappa shape index (κ2) is 6.43. The van der Waals surface area contributed by atoms with E-state index in [1.807, 2.05) is 32.6 Å². The van der Waals surface area contributed by atoms with Gasteiger partial charge in [-0.1, -0.05) is 20.4 Å². The number of carbonyl (C=O) groups is 1. The van der Waals surface area contributed by atoms with Crippen molar-refractivity contribution in [1.29, 1.82) is 0 Å². The van der Waals surface area contributed by atoms with Crippen LogP contribution in [0.15, 0.2) is 43.5 Å². The molecule has 0 saturated heterocycles. The Bertz CT molecular complexity index is 1100. The lowest BCUT2D eigenvalue weighted by Crippen LogP contribution is -2.70. The Balaban J connectivity index is 1.68. The zero-order chi connectivity index (χ0) is 21.0. The van der Waals surface area contributed by atoms with Crippen LogP contribution in [-0.2, 0) is 11.8 Å². The van der Waals surface area contributed by atoms with E-state index in [0.717, 1.165) is 16.8 Å². The van der Waals surface area contributed by atoms with Crippen LogP contribution in [-0.4, -0.2) is 53.9 Å². The minimum absolute atomic E-state index is 0.0560. The fourth-order valence-corrected chi connectivity index (χ4v) is 4.08. The fraction of sp³-hybridized carbons (Fsp3) is 0.429. The Kier molecular flexibility index (Phi) is 4.25. The van der Waals surface area contributed by atoms with Crippen LogP contribution in [0.5, 0.6) is 5.88 Å². The van der Waals surface area contributed by atoms with Gasteiger partial charge < -0.3 is 9.64 Å². The fourth-order valence-electron chi connectivity index (χ4n) is 4.08. The molecule has 8 heteroatoms. The normalized spacial score (nSPS) is 22.9. The minimum atomic E-state index is -0.487. The molecule has 1 aliphatic carbocycles. The van der Waals surface area contributed by atoms with Crippen molar-refractivity contribution < 1.29 is 9.53 Å². The summed E-state index contributed by atoms with van der Waals surface area (Å²) in [6, 6.07) is 1.94. The number of hydrogen-bond donors (Lipinski definition) is 0. The predicted octanol–water partition coefficient (Wildman–Crippen LogP) is 2.71. The van der Waals surface area contributed by atoms with Crippen molar-refractivity contribution in [3.8, 4) is 17.1 Å². The lowest BCUT2D eigenvalue weighted by molar-refractivity contribution is -0.178. The number of aryl methyl sites for hydroxylation is 1. The highest BCUT2D eigenvalue weighted by atomic mass is 16.5. The molecule has 1 amide bonds. The maximum atomic E-state index is 12.1. The Morgan fingerprint density at radius 3 is 2.72 bits per heavy atom. The van der Waals surface area contributed by atoms with Crippen molar-refractivity contribution in [2.75, 3.05) is 7.05 Å².